The van der Waals surface area contributed by atoms with Gasteiger partial charge in [-0.1, -0.05) is 0 Å². The van der Waals surface area contributed by atoms with Gasteiger partial charge in [0, 0.05) is 12.6 Å². The van der Waals surface area contributed by atoms with Gasteiger partial charge in [-0.15, -0.1) is 0 Å². The van der Waals surface area contributed by atoms with Gasteiger partial charge in [-0.3, -0.25) is 0 Å². The molecule has 0 bridgehead atoms. The number of hydrogen-bond donors (Lipinski definition) is 2. The van der Waals surface area contributed by atoms with Gasteiger partial charge in [-0.2, -0.15) is 5.26 Å². The summed E-state index contributed by atoms with van der Waals surface area (Å²) in [5.74, 6) is -0.446. The lowest BCUT2D eigenvalue weighted by Crippen LogP contribution is -2.17. The molecule has 3 nitrogen and oxygen atoms in total. The molecule has 0 aliphatic rings. The Labute approximate surface area is 88.2 Å². The molecule has 0 heterocycles. The van der Waals surface area contributed by atoms with Crippen molar-refractivity contribution in [2.75, 3.05) is 11.9 Å². The van der Waals surface area contributed by atoms with Gasteiger partial charge in [-0.05, 0) is 31.5 Å². The van der Waals surface area contributed by atoms with E-state index in [-0.39, 0.29) is 12.6 Å². The van der Waals surface area contributed by atoms with E-state index in [0.717, 1.165) is 0 Å². The van der Waals surface area contributed by atoms with Crippen LogP contribution in [0.1, 0.15) is 18.9 Å². The van der Waals surface area contributed by atoms with E-state index in [9.17, 15) is 4.39 Å². The molecule has 0 aromatic heterocycles. The van der Waals surface area contributed by atoms with E-state index in [1.807, 2.05) is 13.0 Å². The maximum atomic E-state index is 13.4. The lowest BCUT2D eigenvalue weighted by atomic mass is 10.2. The second-order valence-corrected chi connectivity index (χ2v) is 3.36. The van der Waals surface area contributed by atoms with Crippen molar-refractivity contribution in [1.82, 2.24) is 0 Å². The van der Waals surface area contributed by atoms with Crippen LogP contribution < -0.4 is 5.32 Å². The molecule has 0 aliphatic heterocycles. The fourth-order valence-corrected chi connectivity index (χ4v) is 1.23. The largest absolute Gasteiger partial charge is 0.396 e. The van der Waals surface area contributed by atoms with Crippen molar-refractivity contribution < 1.29 is 9.50 Å². The molecule has 0 amide bonds. The molecule has 0 spiro atoms. The monoisotopic (exact) mass is 208 g/mol. The molecular weight excluding hydrogens is 195 g/mol. The van der Waals surface area contributed by atoms with Crippen LogP contribution in [0.2, 0.25) is 0 Å². The standard InChI is InChI=1S/C11H13FN2O/c1-8(4-5-15)14-11-3-2-9(7-13)6-10(11)12/h2-3,6,8,14-15H,4-5H2,1H3. The number of anilines is 1. The quantitative estimate of drug-likeness (QED) is 0.794. The van der Waals surface area contributed by atoms with Crippen molar-refractivity contribution in [3.63, 3.8) is 0 Å². The van der Waals surface area contributed by atoms with Gasteiger partial charge >= 0.3 is 0 Å². The van der Waals surface area contributed by atoms with Gasteiger partial charge in [0.1, 0.15) is 5.82 Å². The van der Waals surface area contributed by atoms with Crippen molar-refractivity contribution in [1.29, 1.82) is 5.26 Å². The molecule has 0 saturated carbocycles. The topological polar surface area (TPSA) is 56.0 Å². The smallest absolute Gasteiger partial charge is 0.147 e. The molecule has 1 atom stereocenters. The summed E-state index contributed by atoms with van der Waals surface area (Å²) >= 11 is 0. The maximum Gasteiger partial charge on any atom is 0.147 e. The zero-order valence-electron chi connectivity index (χ0n) is 8.50. The minimum Gasteiger partial charge on any atom is -0.396 e. The number of aliphatic hydroxyl groups excluding tert-OH is 1. The van der Waals surface area contributed by atoms with Gasteiger partial charge in [0.2, 0.25) is 0 Å². The number of nitriles is 1. The molecule has 0 aliphatic carbocycles. The summed E-state index contributed by atoms with van der Waals surface area (Å²) in [4.78, 5) is 0. The number of nitrogens with zero attached hydrogens (tertiary/aromatic N) is 1. The third-order valence-electron chi connectivity index (χ3n) is 2.06. The number of halogens is 1. The third-order valence-corrected chi connectivity index (χ3v) is 2.06. The highest BCUT2D eigenvalue weighted by Crippen LogP contribution is 2.16. The highest BCUT2D eigenvalue weighted by molar-refractivity contribution is 5.49. The number of benzene rings is 1. The van der Waals surface area contributed by atoms with Gasteiger partial charge in [-0.25, -0.2) is 4.39 Å². The maximum absolute atomic E-state index is 13.4. The van der Waals surface area contributed by atoms with Crippen LogP contribution in [-0.2, 0) is 0 Å². The van der Waals surface area contributed by atoms with Crippen LogP contribution in [-0.4, -0.2) is 17.8 Å². The molecule has 0 fully saturated rings. The second-order valence-electron chi connectivity index (χ2n) is 3.36. The van der Waals surface area contributed by atoms with Gasteiger partial charge in [0.05, 0.1) is 17.3 Å². The van der Waals surface area contributed by atoms with E-state index < -0.39 is 5.82 Å². The first kappa shape index (κ1) is 11.5. The van der Waals surface area contributed by atoms with E-state index in [1.54, 1.807) is 6.07 Å². The van der Waals surface area contributed by atoms with Crippen molar-refractivity contribution in [2.24, 2.45) is 0 Å². The van der Waals surface area contributed by atoms with E-state index in [4.69, 9.17) is 10.4 Å². The summed E-state index contributed by atoms with van der Waals surface area (Å²) in [7, 11) is 0. The molecule has 4 heteroatoms. The molecular formula is C11H13FN2O. The molecule has 80 valence electrons. The van der Waals surface area contributed by atoms with Crippen molar-refractivity contribution >= 4 is 5.69 Å². The van der Waals surface area contributed by atoms with Gasteiger partial charge in [0.15, 0.2) is 0 Å². The fourth-order valence-electron chi connectivity index (χ4n) is 1.23. The average Bonchev–Trinajstić information content (AvgIpc) is 2.21. The molecule has 2 N–H and O–H groups in total. The van der Waals surface area contributed by atoms with Crippen molar-refractivity contribution in [3.05, 3.63) is 29.6 Å². The first-order chi connectivity index (χ1) is 7.17. The van der Waals surface area contributed by atoms with Gasteiger partial charge in [0.25, 0.3) is 0 Å². The predicted octanol–water partition coefficient (Wildman–Crippen LogP) is 1.88. The van der Waals surface area contributed by atoms with E-state index in [1.165, 1.54) is 12.1 Å². The molecule has 1 rings (SSSR count). The van der Waals surface area contributed by atoms with Crippen molar-refractivity contribution in [2.45, 2.75) is 19.4 Å². The summed E-state index contributed by atoms with van der Waals surface area (Å²) in [5.41, 5.74) is 0.655. The number of aliphatic hydroxyl groups is 1. The fraction of sp³-hybridized carbons (Fsp3) is 0.364. The minimum absolute atomic E-state index is 0.00237. The summed E-state index contributed by atoms with van der Waals surface area (Å²) in [6.07, 6.45) is 0.555. The Kier molecular flexibility index (Phi) is 4.07. The average molecular weight is 208 g/mol. The van der Waals surface area contributed by atoms with Crippen LogP contribution in [0.15, 0.2) is 18.2 Å². The Morgan fingerprint density at radius 3 is 2.87 bits per heavy atom. The zero-order chi connectivity index (χ0) is 11.3. The van der Waals surface area contributed by atoms with Crippen LogP contribution in [0, 0.1) is 17.1 Å². The molecule has 1 aromatic carbocycles. The van der Waals surface area contributed by atoms with E-state index in [2.05, 4.69) is 5.32 Å². The van der Waals surface area contributed by atoms with Crippen LogP contribution >= 0.6 is 0 Å². The second kappa shape index (κ2) is 5.32. The third kappa shape index (κ3) is 3.22. The van der Waals surface area contributed by atoms with Crippen LogP contribution in [0.25, 0.3) is 0 Å². The lowest BCUT2D eigenvalue weighted by molar-refractivity contribution is 0.282. The Morgan fingerprint density at radius 2 is 2.33 bits per heavy atom. The highest BCUT2D eigenvalue weighted by Gasteiger charge is 2.06. The SMILES string of the molecule is CC(CCO)Nc1ccc(C#N)cc1F. The summed E-state index contributed by atoms with van der Waals surface area (Å²) in [6, 6.07) is 6.13. The molecule has 15 heavy (non-hydrogen) atoms. The molecule has 1 aromatic rings. The van der Waals surface area contributed by atoms with Crippen LogP contribution in [0.3, 0.4) is 0 Å². The Hall–Kier alpha value is -1.60. The van der Waals surface area contributed by atoms with Crippen LogP contribution in [0.4, 0.5) is 10.1 Å². The molecule has 0 radical (unpaired) electrons. The zero-order valence-corrected chi connectivity index (χ0v) is 8.50. The van der Waals surface area contributed by atoms with Gasteiger partial charge < -0.3 is 10.4 Å². The van der Waals surface area contributed by atoms with E-state index >= 15 is 0 Å². The van der Waals surface area contributed by atoms with Crippen molar-refractivity contribution in [3.8, 4) is 6.07 Å². The summed E-state index contributed by atoms with van der Waals surface area (Å²) in [5, 5.41) is 20.2. The normalized spacial score (nSPS) is 11.9. The summed E-state index contributed by atoms with van der Waals surface area (Å²) in [6.45, 7) is 1.92. The number of nitrogens with one attached hydrogen (secondary N) is 1. The van der Waals surface area contributed by atoms with Crippen LogP contribution in [0.5, 0.6) is 0 Å². The number of rotatable bonds is 4. The minimum atomic E-state index is -0.446. The van der Waals surface area contributed by atoms with E-state index in [0.29, 0.717) is 17.7 Å². The number of hydrogen-bond acceptors (Lipinski definition) is 3. The lowest BCUT2D eigenvalue weighted by Gasteiger charge is -2.14. The Balaban J connectivity index is 2.74. The highest BCUT2D eigenvalue weighted by atomic mass is 19.1. The summed E-state index contributed by atoms with van der Waals surface area (Å²) < 4.78 is 13.4. The first-order valence-electron chi connectivity index (χ1n) is 4.74. The first-order valence-corrected chi connectivity index (χ1v) is 4.74. The molecule has 0 saturated heterocycles. The molecule has 1 unspecified atom stereocenters. The predicted molar refractivity (Wildman–Crippen MR) is 55.9 cm³/mol. The Morgan fingerprint density at radius 1 is 1.60 bits per heavy atom. The Bertz CT molecular complexity index is 373.